The second kappa shape index (κ2) is 4.60. The second-order valence-corrected chi connectivity index (χ2v) is 4.01. The van der Waals surface area contributed by atoms with Crippen molar-refractivity contribution in [2.24, 2.45) is 0 Å². The topological polar surface area (TPSA) is 93.5 Å². The summed E-state index contributed by atoms with van der Waals surface area (Å²) in [7, 11) is 0. The normalized spacial score (nSPS) is 18.9. The number of nitrogen functional groups attached to an aromatic ring is 1. The van der Waals surface area contributed by atoms with Crippen LogP contribution < -0.4 is 16.5 Å². The zero-order valence-corrected chi connectivity index (χ0v) is 9.45. The third-order valence-electron chi connectivity index (χ3n) is 2.23. The van der Waals surface area contributed by atoms with Crippen LogP contribution in [0.2, 0.25) is 5.02 Å². The lowest BCUT2D eigenvalue weighted by molar-refractivity contribution is -0.125. The highest BCUT2D eigenvalue weighted by Gasteiger charge is 2.27. The Labute approximate surface area is 102 Å². The number of benzene rings is 1. The maximum absolute atomic E-state index is 11.8. The van der Waals surface area contributed by atoms with Crippen molar-refractivity contribution in [2.75, 3.05) is 12.3 Å². The molecule has 1 aromatic rings. The summed E-state index contributed by atoms with van der Waals surface area (Å²) in [6.45, 7) is 0.0978. The molecule has 1 aliphatic rings. The van der Waals surface area contributed by atoms with Gasteiger partial charge in [0.2, 0.25) is 0 Å². The molecule has 0 saturated carbocycles. The minimum Gasteiger partial charge on any atom is -0.399 e. The standard InChI is InChI=1S/C10H10ClN3O3/c11-6-1-5(2-7(12)3-6)9(15)13-8-4-17-14-10(8)16/h1-3,8H,4,12H2,(H,13,15)(H,14,16)/t8-/m1/s1. The first kappa shape index (κ1) is 11.7. The largest absolute Gasteiger partial charge is 0.399 e. The lowest BCUT2D eigenvalue weighted by Crippen LogP contribution is -2.41. The van der Waals surface area contributed by atoms with E-state index in [2.05, 4.69) is 15.6 Å². The van der Waals surface area contributed by atoms with Crippen molar-refractivity contribution in [2.45, 2.75) is 6.04 Å². The van der Waals surface area contributed by atoms with Crippen LogP contribution in [0.15, 0.2) is 18.2 Å². The van der Waals surface area contributed by atoms with E-state index in [0.29, 0.717) is 16.3 Å². The number of nitrogens with two attached hydrogens (primary N) is 1. The van der Waals surface area contributed by atoms with Gasteiger partial charge in [-0.15, -0.1) is 0 Å². The van der Waals surface area contributed by atoms with E-state index in [1.165, 1.54) is 18.2 Å². The van der Waals surface area contributed by atoms with Crippen LogP contribution in [0.3, 0.4) is 0 Å². The van der Waals surface area contributed by atoms with Gasteiger partial charge in [-0.2, -0.15) is 0 Å². The predicted molar refractivity (Wildman–Crippen MR) is 61.2 cm³/mol. The zero-order valence-electron chi connectivity index (χ0n) is 8.70. The van der Waals surface area contributed by atoms with Crippen molar-refractivity contribution < 1.29 is 14.4 Å². The summed E-state index contributed by atoms with van der Waals surface area (Å²) in [5.41, 5.74) is 8.39. The van der Waals surface area contributed by atoms with Crippen molar-refractivity contribution in [3.63, 3.8) is 0 Å². The molecule has 0 bridgehead atoms. The monoisotopic (exact) mass is 255 g/mol. The SMILES string of the molecule is Nc1cc(Cl)cc(C(=O)N[C@@H]2CONC2=O)c1. The molecule has 90 valence electrons. The van der Waals surface area contributed by atoms with Gasteiger partial charge in [-0.05, 0) is 18.2 Å². The summed E-state index contributed by atoms with van der Waals surface area (Å²) in [6, 6.07) is 3.79. The van der Waals surface area contributed by atoms with E-state index in [1.807, 2.05) is 0 Å². The quantitative estimate of drug-likeness (QED) is 0.653. The average Bonchev–Trinajstić information content (AvgIpc) is 2.63. The van der Waals surface area contributed by atoms with Crippen LogP contribution >= 0.6 is 11.6 Å². The van der Waals surface area contributed by atoms with E-state index in [4.69, 9.17) is 17.3 Å². The molecule has 1 heterocycles. The van der Waals surface area contributed by atoms with Crippen LogP contribution in [-0.4, -0.2) is 24.5 Å². The number of carbonyl (C=O) groups is 2. The molecule has 1 aromatic carbocycles. The molecule has 4 N–H and O–H groups in total. The third-order valence-corrected chi connectivity index (χ3v) is 2.45. The molecule has 1 saturated heterocycles. The van der Waals surface area contributed by atoms with Gasteiger partial charge in [0.15, 0.2) is 0 Å². The zero-order chi connectivity index (χ0) is 12.4. The maximum atomic E-state index is 11.8. The summed E-state index contributed by atoms with van der Waals surface area (Å²) in [5.74, 6) is -0.807. The average molecular weight is 256 g/mol. The highest BCUT2D eigenvalue weighted by molar-refractivity contribution is 6.31. The summed E-state index contributed by atoms with van der Waals surface area (Å²) in [4.78, 5) is 27.7. The molecular weight excluding hydrogens is 246 g/mol. The summed E-state index contributed by atoms with van der Waals surface area (Å²) in [5, 5.41) is 2.87. The minimum absolute atomic E-state index is 0.0978. The number of amides is 2. The Bertz CT molecular complexity index is 458. The van der Waals surface area contributed by atoms with Crippen LogP contribution in [0.1, 0.15) is 10.4 Å². The third kappa shape index (κ3) is 2.66. The number of rotatable bonds is 2. The van der Waals surface area contributed by atoms with Gasteiger partial charge < -0.3 is 11.1 Å². The fourth-order valence-corrected chi connectivity index (χ4v) is 1.68. The van der Waals surface area contributed by atoms with Gasteiger partial charge in [0.25, 0.3) is 11.8 Å². The van der Waals surface area contributed by atoms with Crippen LogP contribution in [-0.2, 0) is 9.63 Å². The molecule has 0 aromatic heterocycles. The second-order valence-electron chi connectivity index (χ2n) is 3.58. The molecule has 7 heteroatoms. The van der Waals surface area contributed by atoms with Gasteiger partial charge in [0.1, 0.15) is 12.6 Å². The van der Waals surface area contributed by atoms with Crippen LogP contribution in [0.25, 0.3) is 0 Å². The van der Waals surface area contributed by atoms with Crippen molar-refractivity contribution in [3.8, 4) is 0 Å². The Kier molecular flexibility index (Phi) is 3.16. The molecule has 0 spiro atoms. The van der Waals surface area contributed by atoms with Crippen LogP contribution in [0.4, 0.5) is 5.69 Å². The summed E-state index contributed by atoms with van der Waals surface area (Å²) in [6.07, 6.45) is 0. The summed E-state index contributed by atoms with van der Waals surface area (Å²) >= 11 is 5.78. The molecule has 0 aliphatic carbocycles. The number of hydrogen-bond donors (Lipinski definition) is 3. The van der Waals surface area contributed by atoms with E-state index in [1.54, 1.807) is 0 Å². The number of hydrogen-bond acceptors (Lipinski definition) is 4. The smallest absolute Gasteiger partial charge is 0.268 e. The van der Waals surface area contributed by atoms with Crippen molar-refractivity contribution in [1.29, 1.82) is 0 Å². The van der Waals surface area contributed by atoms with Crippen molar-refractivity contribution >= 4 is 29.1 Å². The molecule has 1 fully saturated rings. The minimum atomic E-state index is -0.692. The van der Waals surface area contributed by atoms with Gasteiger partial charge in [0, 0.05) is 16.3 Å². The van der Waals surface area contributed by atoms with Gasteiger partial charge >= 0.3 is 0 Å². The molecule has 17 heavy (non-hydrogen) atoms. The van der Waals surface area contributed by atoms with Gasteiger partial charge in [-0.1, -0.05) is 11.6 Å². The van der Waals surface area contributed by atoms with Crippen molar-refractivity contribution in [3.05, 3.63) is 28.8 Å². The number of hydroxylamine groups is 1. The predicted octanol–water partition coefficient (Wildman–Crippen LogP) is 0.0820. The van der Waals surface area contributed by atoms with E-state index in [0.717, 1.165) is 0 Å². The Hall–Kier alpha value is -1.79. The number of halogens is 1. The number of carbonyl (C=O) groups excluding carboxylic acids is 2. The fraction of sp³-hybridized carbons (Fsp3) is 0.200. The Morgan fingerprint density at radius 1 is 1.53 bits per heavy atom. The maximum Gasteiger partial charge on any atom is 0.268 e. The Balaban J connectivity index is 2.11. The Morgan fingerprint density at radius 2 is 2.29 bits per heavy atom. The van der Waals surface area contributed by atoms with E-state index in [-0.39, 0.29) is 12.5 Å². The van der Waals surface area contributed by atoms with Gasteiger partial charge in [0.05, 0.1) is 0 Å². The molecule has 0 unspecified atom stereocenters. The Morgan fingerprint density at radius 3 is 2.88 bits per heavy atom. The van der Waals surface area contributed by atoms with Crippen LogP contribution in [0.5, 0.6) is 0 Å². The summed E-state index contributed by atoms with van der Waals surface area (Å²) < 4.78 is 0. The van der Waals surface area contributed by atoms with Gasteiger partial charge in [-0.25, -0.2) is 5.48 Å². The molecule has 1 aliphatic heterocycles. The first-order valence-electron chi connectivity index (χ1n) is 4.85. The van der Waals surface area contributed by atoms with E-state index >= 15 is 0 Å². The van der Waals surface area contributed by atoms with E-state index in [9.17, 15) is 9.59 Å². The molecular formula is C10H10ClN3O3. The highest BCUT2D eigenvalue weighted by atomic mass is 35.5. The molecule has 0 radical (unpaired) electrons. The molecule has 2 amide bonds. The van der Waals surface area contributed by atoms with Crippen molar-refractivity contribution in [1.82, 2.24) is 10.8 Å². The number of nitrogens with one attached hydrogen (secondary N) is 2. The molecule has 1 atom stereocenters. The fourth-order valence-electron chi connectivity index (χ4n) is 1.44. The lowest BCUT2D eigenvalue weighted by Gasteiger charge is -2.09. The van der Waals surface area contributed by atoms with E-state index < -0.39 is 11.9 Å². The highest BCUT2D eigenvalue weighted by Crippen LogP contribution is 2.16. The number of anilines is 1. The van der Waals surface area contributed by atoms with Gasteiger partial charge in [-0.3, -0.25) is 14.4 Å². The first-order valence-corrected chi connectivity index (χ1v) is 5.22. The first-order chi connectivity index (χ1) is 8.06. The molecule has 6 nitrogen and oxygen atoms in total. The van der Waals surface area contributed by atoms with Crippen LogP contribution in [0, 0.1) is 0 Å². The molecule has 2 rings (SSSR count). The lowest BCUT2D eigenvalue weighted by atomic mass is 10.1.